The van der Waals surface area contributed by atoms with Crippen LogP contribution in [-0.2, 0) is 11.8 Å². The number of ether oxygens (including phenoxy) is 1. The fourth-order valence-electron chi connectivity index (χ4n) is 2.85. The third kappa shape index (κ3) is 4.37. The van der Waals surface area contributed by atoms with Crippen molar-refractivity contribution < 1.29 is 9.53 Å². The average molecular weight is 460 g/mol. The summed E-state index contributed by atoms with van der Waals surface area (Å²) in [6.45, 7) is 2.15. The highest BCUT2D eigenvalue weighted by molar-refractivity contribution is 7.10. The van der Waals surface area contributed by atoms with Gasteiger partial charge >= 0.3 is 6.09 Å². The van der Waals surface area contributed by atoms with Crippen LogP contribution < -0.4 is 16.2 Å². The van der Waals surface area contributed by atoms with Gasteiger partial charge in [0, 0.05) is 35.7 Å². The molecule has 0 saturated heterocycles. The summed E-state index contributed by atoms with van der Waals surface area (Å²) in [6, 6.07) is 5.20. The van der Waals surface area contributed by atoms with Crippen molar-refractivity contribution in [1.82, 2.24) is 24.1 Å². The summed E-state index contributed by atoms with van der Waals surface area (Å²) in [6.07, 6.45) is 3.25. The van der Waals surface area contributed by atoms with E-state index in [1.165, 1.54) is 10.6 Å². The Bertz CT molecular complexity index is 1310. The molecule has 0 bridgehead atoms. The highest BCUT2D eigenvalue weighted by Gasteiger charge is 2.15. The number of anilines is 3. The van der Waals surface area contributed by atoms with Gasteiger partial charge in [0.2, 0.25) is 5.13 Å². The largest absolute Gasteiger partial charge is 0.449 e. The van der Waals surface area contributed by atoms with Gasteiger partial charge in [0.05, 0.1) is 29.0 Å². The number of aromatic amines is 1. The number of carbonyl (C=O) groups is 1. The molecule has 3 heterocycles. The topological polar surface area (TPSA) is 127 Å². The van der Waals surface area contributed by atoms with Crippen LogP contribution in [0.15, 0.2) is 35.4 Å². The van der Waals surface area contributed by atoms with Crippen LogP contribution in [0, 0.1) is 0 Å². The highest BCUT2D eigenvalue weighted by atomic mass is 35.5. The zero-order chi connectivity index (χ0) is 22.0. The van der Waals surface area contributed by atoms with Gasteiger partial charge in [0.15, 0.2) is 5.82 Å². The number of hydrogen-bond acceptors (Lipinski definition) is 8. The van der Waals surface area contributed by atoms with Crippen LogP contribution in [0.4, 0.5) is 21.3 Å². The Labute approximate surface area is 185 Å². The summed E-state index contributed by atoms with van der Waals surface area (Å²) in [5.74, 6) is 0.397. The van der Waals surface area contributed by atoms with Crippen molar-refractivity contribution in [1.29, 1.82) is 0 Å². The van der Waals surface area contributed by atoms with E-state index in [0.29, 0.717) is 33.7 Å². The SMILES string of the molecule is CCCOC(=O)Nc1cc(-c2nsc(Nc3ccc4[nH]ncc4c3Cl)n2)cn(C)c1=O. The molecule has 3 aromatic heterocycles. The minimum Gasteiger partial charge on any atom is -0.449 e. The van der Waals surface area contributed by atoms with Crippen LogP contribution in [0.1, 0.15) is 13.3 Å². The van der Waals surface area contributed by atoms with Crippen molar-refractivity contribution in [2.24, 2.45) is 7.05 Å². The zero-order valence-corrected chi connectivity index (χ0v) is 18.2. The number of aryl methyl sites for hydroxylation is 1. The predicted molar refractivity (Wildman–Crippen MR) is 120 cm³/mol. The van der Waals surface area contributed by atoms with Crippen LogP contribution in [0.2, 0.25) is 5.02 Å². The summed E-state index contributed by atoms with van der Waals surface area (Å²) in [5, 5.41) is 14.3. The average Bonchev–Trinajstić information content (AvgIpc) is 3.42. The first-order valence-electron chi connectivity index (χ1n) is 9.33. The molecule has 31 heavy (non-hydrogen) atoms. The second kappa shape index (κ2) is 8.74. The molecular weight excluding hydrogens is 442 g/mol. The monoisotopic (exact) mass is 459 g/mol. The Kier molecular flexibility index (Phi) is 5.87. The normalized spacial score (nSPS) is 10.9. The second-order valence-corrected chi connectivity index (χ2v) is 7.76. The maximum atomic E-state index is 12.4. The van der Waals surface area contributed by atoms with Gasteiger partial charge < -0.3 is 14.6 Å². The van der Waals surface area contributed by atoms with Gasteiger partial charge in [-0.3, -0.25) is 15.2 Å². The van der Waals surface area contributed by atoms with Gasteiger partial charge in [0.1, 0.15) is 5.69 Å². The molecule has 0 aliphatic heterocycles. The van der Waals surface area contributed by atoms with Gasteiger partial charge in [-0.05, 0) is 24.6 Å². The molecule has 3 N–H and O–H groups in total. The standard InChI is InChI=1S/C19H18ClN7O3S/c1-3-6-30-19(29)23-14-7-10(9-27(2)17(14)28)16-24-18(31-26-16)22-13-5-4-12-11(15(13)20)8-21-25-12/h4-5,7-9H,3,6H2,1-2H3,(H,21,25)(H,23,29)(H,22,24,26). The van der Waals surface area contributed by atoms with E-state index in [0.717, 1.165) is 22.4 Å². The van der Waals surface area contributed by atoms with E-state index < -0.39 is 6.09 Å². The molecule has 10 nitrogen and oxygen atoms in total. The number of nitrogens with zero attached hydrogens (tertiary/aromatic N) is 4. The molecule has 4 aromatic rings. The predicted octanol–water partition coefficient (Wildman–Crippen LogP) is 4.14. The van der Waals surface area contributed by atoms with Crippen molar-refractivity contribution >= 4 is 56.6 Å². The van der Waals surface area contributed by atoms with E-state index in [4.69, 9.17) is 16.3 Å². The smallest absolute Gasteiger partial charge is 0.411 e. The van der Waals surface area contributed by atoms with Crippen LogP contribution >= 0.6 is 23.1 Å². The first kappa shape index (κ1) is 20.8. The zero-order valence-electron chi connectivity index (χ0n) is 16.6. The molecule has 12 heteroatoms. The molecule has 4 rings (SSSR count). The Morgan fingerprint density at radius 3 is 3.00 bits per heavy atom. The van der Waals surface area contributed by atoms with Crippen LogP contribution in [0.25, 0.3) is 22.3 Å². The number of aromatic nitrogens is 5. The molecule has 0 unspecified atom stereocenters. The maximum Gasteiger partial charge on any atom is 0.411 e. The minimum atomic E-state index is -0.686. The third-order valence-electron chi connectivity index (χ3n) is 4.34. The van der Waals surface area contributed by atoms with Crippen LogP contribution in [0.5, 0.6) is 0 Å². The molecule has 0 saturated carbocycles. The number of hydrogen-bond donors (Lipinski definition) is 3. The summed E-state index contributed by atoms with van der Waals surface area (Å²) in [4.78, 5) is 28.7. The number of H-pyrrole nitrogens is 1. The van der Waals surface area contributed by atoms with Gasteiger partial charge in [-0.25, -0.2) is 4.79 Å². The fourth-order valence-corrected chi connectivity index (χ4v) is 3.71. The first-order chi connectivity index (χ1) is 15.0. The first-order valence-corrected chi connectivity index (χ1v) is 10.5. The number of amides is 1. The van der Waals surface area contributed by atoms with Crippen LogP contribution in [-0.4, -0.2) is 36.8 Å². The number of benzene rings is 1. The Hall–Kier alpha value is -3.44. The van der Waals surface area contributed by atoms with E-state index in [2.05, 4.69) is 30.2 Å². The van der Waals surface area contributed by atoms with Gasteiger partial charge in [-0.2, -0.15) is 14.5 Å². The lowest BCUT2D eigenvalue weighted by Crippen LogP contribution is -2.24. The quantitative estimate of drug-likeness (QED) is 0.395. The Morgan fingerprint density at radius 2 is 2.19 bits per heavy atom. The number of pyridine rings is 1. The van der Waals surface area contributed by atoms with E-state index in [-0.39, 0.29) is 17.9 Å². The van der Waals surface area contributed by atoms with Crippen molar-refractivity contribution in [3.63, 3.8) is 0 Å². The maximum absolute atomic E-state index is 12.4. The summed E-state index contributed by atoms with van der Waals surface area (Å²) in [5.41, 5.74) is 1.77. The van der Waals surface area contributed by atoms with E-state index in [1.807, 2.05) is 19.1 Å². The summed E-state index contributed by atoms with van der Waals surface area (Å²) in [7, 11) is 1.58. The molecule has 0 spiro atoms. The molecule has 1 amide bonds. The third-order valence-corrected chi connectivity index (χ3v) is 5.38. The van der Waals surface area contributed by atoms with Crippen LogP contribution in [0.3, 0.4) is 0 Å². The lowest BCUT2D eigenvalue weighted by atomic mass is 10.2. The summed E-state index contributed by atoms with van der Waals surface area (Å²) >= 11 is 7.59. The molecule has 0 aliphatic rings. The molecule has 0 fully saturated rings. The van der Waals surface area contributed by atoms with E-state index in [1.54, 1.807) is 19.4 Å². The molecule has 160 valence electrons. The lowest BCUT2D eigenvalue weighted by Gasteiger charge is -2.08. The number of fused-ring (bicyclic) bond motifs is 1. The van der Waals surface area contributed by atoms with Crippen molar-refractivity contribution in [2.75, 3.05) is 17.2 Å². The molecule has 0 atom stereocenters. The van der Waals surface area contributed by atoms with E-state index in [9.17, 15) is 9.59 Å². The van der Waals surface area contributed by atoms with Gasteiger partial charge in [-0.15, -0.1) is 0 Å². The van der Waals surface area contributed by atoms with E-state index >= 15 is 0 Å². The highest BCUT2D eigenvalue weighted by Crippen LogP contribution is 2.33. The van der Waals surface area contributed by atoms with Crippen molar-refractivity contribution in [3.8, 4) is 11.4 Å². The number of carbonyl (C=O) groups excluding carboxylic acids is 1. The summed E-state index contributed by atoms with van der Waals surface area (Å²) < 4.78 is 10.7. The minimum absolute atomic E-state index is 0.0823. The fraction of sp³-hybridized carbons (Fsp3) is 0.211. The molecule has 0 radical (unpaired) electrons. The second-order valence-electron chi connectivity index (χ2n) is 6.63. The van der Waals surface area contributed by atoms with Gasteiger partial charge in [0.25, 0.3) is 5.56 Å². The Balaban J connectivity index is 1.58. The lowest BCUT2D eigenvalue weighted by molar-refractivity contribution is 0.161. The van der Waals surface area contributed by atoms with Gasteiger partial charge in [-0.1, -0.05) is 18.5 Å². The van der Waals surface area contributed by atoms with Crippen molar-refractivity contribution in [3.05, 3.63) is 46.0 Å². The van der Waals surface area contributed by atoms with Crippen molar-refractivity contribution in [2.45, 2.75) is 13.3 Å². The molecule has 1 aromatic carbocycles. The Morgan fingerprint density at radius 1 is 1.35 bits per heavy atom. The number of nitrogens with one attached hydrogen (secondary N) is 3. The number of halogens is 1. The molecular formula is C19H18ClN7O3S. The number of rotatable bonds is 6. The molecule has 0 aliphatic carbocycles.